The number of hydrazine groups is 2. The number of phenols is 1. The number of anilines is 3. The average Bonchev–Trinajstić information content (AvgIpc) is 3.04. The summed E-state index contributed by atoms with van der Waals surface area (Å²) >= 11 is 0. The van der Waals surface area contributed by atoms with E-state index in [9.17, 15) is 5.11 Å². The number of hydrogen-bond acceptors (Lipinski definition) is 6. The molecule has 2 aromatic carbocycles. The topological polar surface area (TPSA) is 66.0 Å². The quantitative estimate of drug-likeness (QED) is 0.326. The van der Waals surface area contributed by atoms with E-state index in [0.29, 0.717) is 11.7 Å². The minimum Gasteiger partial charge on any atom is -0.505 e. The van der Waals surface area contributed by atoms with Gasteiger partial charge >= 0.3 is 8.56 Å². The number of aryl methyl sites for hydroxylation is 1. The first kappa shape index (κ1) is 25.8. The van der Waals surface area contributed by atoms with E-state index in [1.165, 1.54) is 0 Å². The van der Waals surface area contributed by atoms with Gasteiger partial charge in [-0.1, -0.05) is 25.1 Å². The molecule has 182 valence electrons. The number of fused-ring (bicyclic) bond motifs is 1. The van der Waals surface area contributed by atoms with Gasteiger partial charge < -0.3 is 13.3 Å². The molecule has 6 nitrogen and oxygen atoms in total. The SMILES string of the molecule is Cc1cc(CC(C)C[Si](C)(O[Si](C)(C)C)O[Si](C)(C)C)c(O)c(N2Nc3ccccc3N2)c1. The molecule has 0 spiro atoms. The summed E-state index contributed by atoms with van der Waals surface area (Å²) in [6.07, 6.45) is 0.772. The van der Waals surface area contributed by atoms with E-state index in [1.54, 1.807) is 5.12 Å². The van der Waals surface area contributed by atoms with Crippen molar-refractivity contribution in [1.82, 2.24) is 0 Å². The van der Waals surface area contributed by atoms with Gasteiger partial charge in [0.1, 0.15) is 11.4 Å². The number of nitrogens with zero attached hydrogens (tertiary/aromatic N) is 1. The second-order valence-electron chi connectivity index (χ2n) is 11.5. The van der Waals surface area contributed by atoms with Crippen LogP contribution in [0.5, 0.6) is 5.75 Å². The summed E-state index contributed by atoms with van der Waals surface area (Å²) < 4.78 is 13.4. The van der Waals surface area contributed by atoms with Gasteiger partial charge in [0.25, 0.3) is 0 Å². The lowest BCUT2D eigenvalue weighted by Gasteiger charge is -2.40. The molecule has 0 radical (unpaired) electrons. The molecule has 1 heterocycles. The molecule has 9 heteroatoms. The monoisotopic (exact) mass is 503 g/mol. The first-order valence-corrected chi connectivity index (χ1v) is 21.1. The van der Waals surface area contributed by atoms with E-state index < -0.39 is 25.2 Å². The normalized spacial score (nSPS) is 15.1. The van der Waals surface area contributed by atoms with Crippen LogP contribution in [0, 0.1) is 12.8 Å². The zero-order valence-corrected chi connectivity index (χ0v) is 24.7. The van der Waals surface area contributed by atoms with Crippen LogP contribution in [-0.2, 0) is 14.7 Å². The molecule has 3 rings (SSSR count). The Morgan fingerprint density at radius 3 is 1.91 bits per heavy atom. The Bertz CT molecular complexity index is 948. The molecule has 1 aliphatic rings. The van der Waals surface area contributed by atoms with E-state index in [1.807, 2.05) is 30.3 Å². The third-order valence-corrected chi connectivity index (χ3v) is 15.1. The minimum atomic E-state index is -2.34. The van der Waals surface area contributed by atoms with Crippen LogP contribution in [-0.4, -0.2) is 30.3 Å². The Kier molecular flexibility index (Phi) is 7.40. The maximum atomic E-state index is 11.2. The van der Waals surface area contributed by atoms with E-state index >= 15 is 0 Å². The number of hydrogen-bond donors (Lipinski definition) is 3. The van der Waals surface area contributed by atoms with Gasteiger partial charge in [0.05, 0.1) is 11.4 Å². The van der Waals surface area contributed by atoms with Gasteiger partial charge in [0, 0.05) is 0 Å². The molecular weight excluding hydrogens is 463 g/mol. The molecule has 1 aliphatic heterocycles. The molecule has 0 amide bonds. The minimum absolute atomic E-state index is 0.306. The molecule has 0 fully saturated rings. The lowest BCUT2D eigenvalue weighted by atomic mass is 9.99. The van der Waals surface area contributed by atoms with E-state index in [4.69, 9.17) is 8.23 Å². The van der Waals surface area contributed by atoms with Gasteiger partial charge in [-0.2, -0.15) is 5.12 Å². The second-order valence-corrected chi connectivity index (χ2v) is 24.2. The van der Waals surface area contributed by atoms with Crippen LogP contribution in [0.3, 0.4) is 0 Å². The Labute approximate surface area is 202 Å². The summed E-state index contributed by atoms with van der Waals surface area (Å²) in [6.45, 7) is 20.0. The third kappa shape index (κ3) is 7.10. The van der Waals surface area contributed by atoms with Crippen LogP contribution in [0.4, 0.5) is 17.1 Å². The number of rotatable bonds is 9. The molecule has 0 bridgehead atoms. The van der Waals surface area contributed by atoms with Crippen molar-refractivity contribution in [3.63, 3.8) is 0 Å². The van der Waals surface area contributed by atoms with E-state index in [2.05, 4.69) is 76.6 Å². The maximum absolute atomic E-state index is 11.2. The molecule has 1 unspecified atom stereocenters. The van der Waals surface area contributed by atoms with Crippen LogP contribution >= 0.6 is 0 Å². The largest absolute Gasteiger partial charge is 0.505 e. The maximum Gasteiger partial charge on any atom is 0.314 e. The molecule has 1 atom stereocenters. The number of para-hydroxylation sites is 2. The molecule has 0 saturated carbocycles. The van der Waals surface area contributed by atoms with Gasteiger partial charge in [-0.05, 0) is 100 Å². The standard InChI is InChI=1S/C24H41N3O3Si3/c1-18-14-20(15-19(2)17-33(9,29-31(3,4)5)30-32(6,7)8)24(28)23(16-18)27-25-21-12-10-11-13-22(21)26-27/h10-14,16,19,25-26,28H,15,17H2,1-9H3. The van der Waals surface area contributed by atoms with Crippen LogP contribution in [0.2, 0.25) is 51.9 Å². The number of aromatic hydroxyl groups is 1. The van der Waals surface area contributed by atoms with Crippen LogP contribution in [0.15, 0.2) is 36.4 Å². The average molecular weight is 504 g/mol. The van der Waals surface area contributed by atoms with E-state index in [-0.39, 0.29) is 0 Å². The van der Waals surface area contributed by atoms with Crippen molar-refractivity contribution < 1.29 is 13.3 Å². The third-order valence-electron chi connectivity index (χ3n) is 5.28. The highest BCUT2D eigenvalue weighted by Crippen LogP contribution is 2.39. The van der Waals surface area contributed by atoms with Crippen molar-refractivity contribution in [1.29, 1.82) is 0 Å². The highest BCUT2D eigenvalue weighted by Gasteiger charge is 2.41. The summed E-state index contributed by atoms with van der Waals surface area (Å²) in [7, 11) is -5.83. The predicted octanol–water partition coefficient (Wildman–Crippen LogP) is 6.83. The zero-order valence-electron chi connectivity index (χ0n) is 21.7. The number of nitrogens with one attached hydrogen (secondary N) is 2. The summed E-state index contributed by atoms with van der Waals surface area (Å²) in [5, 5.41) is 13.0. The Morgan fingerprint density at radius 2 is 1.42 bits per heavy atom. The summed E-state index contributed by atoms with van der Waals surface area (Å²) in [4.78, 5) is 0. The molecule has 3 N–H and O–H groups in total. The molecule has 33 heavy (non-hydrogen) atoms. The van der Waals surface area contributed by atoms with Crippen LogP contribution < -0.4 is 16.0 Å². The van der Waals surface area contributed by atoms with Crippen molar-refractivity contribution in [2.75, 3.05) is 16.0 Å². The number of phenolic OH excluding ortho intramolecular Hbond substituents is 1. The summed E-state index contributed by atoms with van der Waals surface area (Å²) in [6, 6.07) is 13.0. The van der Waals surface area contributed by atoms with Crippen molar-refractivity contribution in [3.05, 3.63) is 47.5 Å². The van der Waals surface area contributed by atoms with Gasteiger partial charge in [-0.15, -0.1) is 0 Å². The molecule has 2 aromatic rings. The smallest absolute Gasteiger partial charge is 0.314 e. The fourth-order valence-corrected chi connectivity index (χ4v) is 17.7. The van der Waals surface area contributed by atoms with Crippen molar-refractivity contribution in [2.24, 2.45) is 5.92 Å². The van der Waals surface area contributed by atoms with Crippen molar-refractivity contribution in [2.45, 2.75) is 72.1 Å². The lowest BCUT2D eigenvalue weighted by Crippen LogP contribution is -2.53. The van der Waals surface area contributed by atoms with Gasteiger partial charge in [-0.25, -0.2) is 0 Å². The molecule has 0 aromatic heterocycles. The molecule has 0 saturated heterocycles. The van der Waals surface area contributed by atoms with Crippen molar-refractivity contribution in [3.8, 4) is 5.75 Å². The van der Waals surface area contributed by atoms with Gasteiger partial charge in [0.2, 0.25) is 0 Å². The van der Waals surface area contributed by atoms with Crippen LogP contribution in [0.1, 0.15) is 18.1 Å². The highest BCUT2D eigenvalue weighted by molar-refractivity contribution is 6.87. The summed E-state index contributed by atoms with van der Waals surface area (Å²) in [5.74, 6) is 0.632. The second kappa shape index (κ2) is 9.46. The van der Waals surface area contributed by atoms with Crippen molar-refractivity contribution >= 4 is 42.3 Å². The van der Waals surface area contributed by atoms with Gasteiger partial charge in [0.15, 0.2) is 16.6 Å². The first-order valence-electron chi connectivity index (χ1n) is 11.8. The predicted molar refractivity (Wildman–Crippen MR) is 147 cm³/mol. The van der Waals surface area contributed by atoms with Gasteiger partial charge in [-0.3, -0.25) is 10.9 Å². The number of benzene rings is 2. The Balaban J connectivity index is 1.80. The molecule has 0 aliphatic carbocycles. The fraction of sp³-hybridized carbons (Fsp3) is 0.500. The Hall–Kier alpha value is -1.79. The molecular formula is C24H41N3O3Si3. The lowest BCUT2D eigenvalue weighted by molar-refractivity contribution is 0.368. The Morgan fingerprint density at radius 1 is 0.909 bits per heavy atom. The summed E-state index contributed by atoms with van der Waals surface area (Å²) in [5.41, 5.74) is 11.4. The fourth-order valence-electron chi connectivity index (χ4n) is 4.71. The van der Waals surface area contributed by atoms with Crippen LogP contribution in [0.25, 0.3) is 0 Å². The zero-order chi connectivity index (χ0) is 24.6. The highest BCUT2D eigenvalue weighted by atomic mass is 28.5. The first-order chi connectivity index (χ1) is 15.1. The van der Waals surface area contributed by atoms with E-state index in [0.717, 1.165) is 40.7 Å².